The number of fused-ring (bicyclic) bond motifs is 1. The minimum Gasteiger partial charge on any atom is -0.396 e. The van der Waals surface area contributed by atoms with E-state index in [1.54, 1.807) is 10.7 Å². The van der Waals surface area contributed by atoms with E-state index in [-0.39, 0.29) is 0 Å². The van der Waals surface area contributed by atoms with Gasteiger partial charge in [-0.15, -0.1) is 0 Å². The molecule has 0 spiro atoms. The zero-order chi connectivity index (χ0) is 7.84. The maximum atomic E-state index is 5.69. The summed E-state index contributed by atoms with van der Waals surface area (Å²) in [5.41, 5.74) is 8.59. The first-order chi connectivity index (χ1) is 5.29. The van der Waals surface area contributed by atoms with Gasteiger partial charge in [-0.3, -0.25) is 0 Å². The standard InChI is InChI=1S/C8H9N3/c1-6-3-2-4-11-8(6)7(9)5-10-11/h2-5H,9H2,1H3. The molecule has 56 valence electrons. The molecule has 0 unspecified atom stereocenters. The molecule has 2 aromatic rings. The molecular weight excluding hydrogens is 138 g/mol. The fourth-order valence-electron chi connectivity index (χ4n) is 1.24. The van der Waals surface area contributed by atoms with E-state index in [2.05, 4.69) is 5.10 Å². The molecule has 3 nitrogen and oxygen atoms in total. The number of hydrogen-bond acceptors (Lipinski definition) is 2. The van der Waals surface area contributed by atoms with Crippen LogP contribution >= 0.6 is 0 Å². The molecule has 0 bridgehead atoms. The number of aromatic nitrogens is 2. The predicted molar refractivity (Wildman–Crippen MR) is 44.3 cm³/mol. The third kappa shape index (κ3) is 0.774. The van der Waals surface area contributed by atoms with Gasteiger partial charge in [0.2, 0.25) is 0 Å². The first-order valence-electron chi connectivity index (χ1n) is 3.47. The summed E-state index contributed by atoms with van der Waals surface area (Å²) in [6, 6.07) is 3.97. The molecule has 0 saturated carbocycles. The molecule has 0 aliphatic heterocycles. The van der Waals surface area contributed by atoms with Crippen molar-refractivity contribution in [2.45, 2.75) is 6.92 Å². The molecule has 0 aliphatic carbocycles. The Balaban J connectivity index is 2.96. The van der Waals surface area contributed by atoms with Crippen LogP contribution in [-0.2, 0) is 0 Å². The van der Waals surface area contributed by atoms with Crippen molar-refractivity contribution in [3.63, 3.8) is 0 Å². The Hall–Kier alpha value is -1.51. The maximum absolute atomic E-state index is 5.69. The maximum Gasteiger partial charge on any atom is 0.0920 e. The lowest BCUT2D eigenvalue weighted by molar-refractivity contribution is 0.956. The zero-order valence-electron chi connectivity index (χ0n) is 6.28. The van der Waals surface area contributed by atoms with E-state index in [4.69, 9.17) is 5.73 Å². The second kappa shape index (κ2) is 1.99. The van der Waals surface area contributed by atoms with E-state index in [0.29, 0.717) is 0 Å². The summed E-state index contributed by atoms with van der Waals surface area (Å²) in [5, 5.41) is 4.07. The van der Waals surface area contributed by atoms with Crippen LogP contribution < -0.4 is 5.73 Å². The molecule has 0 fully saturated rings. The molecule has 0 atom stereocenters. The number of pyridine rings is 1. The van der Waals surface area contributed by atoms with Crippen molar-refractivity contribution in [1.29, 1.82) is 0 Å². The first kappa shape index (κ1) is 6.22. The van der Waals surface area contributed by atoms with E-state index in [1.807, 2.05) is 25.3 Å². The molecule has 0 radical (unpaired) electrons. The van der Waals surface area contributed by atoms with Gasteiger partial charge in [0.1, 0.15) is 0 Å². The Morgan fingerprint density at radius 3 is 3.09 bits per heavy atom. The van der Waals surface area contributed by atoms with E-state index in [9.17, 15) is 0 Å². The fraction of sp³-hybridized carbons (Fsp3) is 0.125. The van der Waals surface area contributed by atoms with Gasteiger partial charge in [0.25, 0.3) is 0 Å². The van der Waals surface area contributed by atoms with Crippen LogP contribution in [0.1, 0.15) is 5.56 Å². The van der Waals surface area contributed by atoms with Gasteiger partial charge in [-0.2, -0.15) is 5.10 Å². The predicted octanol–water partition coefficient (Wildman–Crippen LogP) is 1.22. The van der Waals surface area contributed by atoms with Gasteiger partial charge in [0.15, 0.2) is 0 Å². The zero-order valence-corrected chi connectivity index (χ0v) is 6.28. The summed E-state index contributed by atoms with van der Waals surface area (Å²) < 4.78 is 1.78. The Kier molecular flexibility index (Phi) is 1.12. The van der Waals surface area contributed by atoms with Crippen LogP contribution in [0.2, 0.25) is 0 Å². The highest BCUT2D eigenvalue weighted by Gasteiger charge is 2.00. The van der Waals surface area contributed by atoms with Crippen molar-refractivity contribution >= 4 is 11.2 Å². The highest BCUT2D eigenvalue weighted by molar-refractivity contribution is 5.72. The fourth-order valence-corrected chi connectivity index (χ4v) is 1.24. The lowest BCUT2D eigenvalue weighted by Gasteiger charge is -1.96. The summed E-state index contributed by atoms with van der Waals surface area (Å²) in [5.74, 6) is 0. The second-order valence-corrected chi connectivity index (χ2v) is 2.58. The summed E-state index contributed by atoms with van der Waals surface area (Å²) in [7, 11) is 0. The summed E-state index contributed by atoms with van der Waals surface area (Å²) >= 11 is 0. The van der Waals surface area contributed by atoms with Gasteiger partial charge in [-0.05, 0) is 18.6 Å². The number of nitrogens with zero attached hydrogens (tertiary/aromatic N) is 2. The van der Waals surface area contributed by atoms with Crippen LogP contribution in [0.25, 0.3) is 5.52 Å². The Morgan fingerprint density at radius 2 is 2.36 bits per heavy atom. The summed E-state index contributed by atoms with van der Waals surface area (Å²) in [4.78, 5) is 0. The molecule has 2 N–H and O–H groups in total. The lowest BCUT2D eigenvalue weighted by Crippen LogP contribution is -1.89. The van der Waals surface area contributed by atoms with Crippen LogP contribution in [-0.4, -0.2) is 9.61 Å². The average Bonchev–Trinajstić information content (AvgIpc) is 2.34. The van der Waals surface area contributed by atoms with Crippen molar-refractivity contribution in [2.24, 2.45) is 0 Å². The van der Waals surface area contributed by atoms with Crippen molar-refractivity contribution in [3.05, 3.63) is 30.1 Å². The van der Waals surface area contributed by atoms with Crippen LogP contribution in [0.15, 0.2) is 24.5 Å². The molecule has 11 heavy (non-hydrogen) atoms. The number of rotatable bonds is 0. The van der Waals surface area contributed by atoms with Crippen LogP contribution in [0, 0.1) is 6.92 Å². The summed E-state index contributed by atoms with van der Waals surface area (Å²) in [6.45, 7) is 2.02. The monoisotopic (exact) mass is 147 g/mol. The number of nitrogen functional groups attached to an aromatic ring is 1. The third-order valence-corrected chi connectivity index (χ3v) is 1.77. The van der Waals surface area contributed by atoms with E-state index < -0.39 is 0 Å². The molecule has 0 amide bonds. The van der Waals surface area contributed by atoms with Gasteiger partial charge < -0.3 is 5.73 Å². The smallest absolute Gasteiger partial charge is 0.0920 e. The van der Waals surface area contributed by atoms with Gasteiger partial charge in [0, 0.05) is 6.20 Å². The van der Waals surface area contributed by atoms with Crippen LogP contribution in [0.4, 0.5) is 5.69 Å². The summed E-state index contributed by atoms with van der Waals surface area (Å²) in [6.07, 6.45) is 3.56. The van der Waals surface area contributed by atoms with Crippen molar-refractivity contribution in [3.8, 4) is 0 Å². The molecule has 3 heteroatoms. The van der Waals surface area contributed by atoms with Gasteiger partial charge in [0.05, 0.1) is 17.4 Å². The van der Waals surface area contributed by atoms with Gasteiger partial charge in [-0.25, -0.2) is 4.52 Å². The molecule has 2 aromatic heterocycles. The average molecular weight is 147 g/mol. The topological polar surface area (TPSA) is 43.3 Å². The number of aryl methyl sites for hydroxylation is 1. The SMILES string of the molecule is Cc1cccn2ncc(N)c12. The van der Waals surface area contributed by atoms with Gasteiger partial charge >= 0.3 is 0 Å². The third-order valence-electron chi connectivity index (χ3n) is 1.77. The molecule has 2 heterocycles. The molecule has 0 aliphatic rings. The van der Waals surface area contributed by atoms with E-state index in [1.165, 1.54) is 0 Å². The molecule has 0 saturated heterocycles. The normalized spacial score (nSPS) is 10.6. The Labute approximate surface area is 64.4 Å². The largest absolute Gasteiger partial charge is 0.396 e. The number of anilines is 1. The number of hydrogen-bond donors (Lipinski definition) is 1. The quantitative estimate of drug-likeness (QED) is 0.609. The molecule has 2 rings (SSSR count). The van der Waals surface area contributed by atoms with Crippen molar-refractivity contribution < 1.29 is 0 Å². The van der Waals surface area contributed by atoms with Crippen LogP contribution in [0.3, 0.4) is 0 Å². The van der Waals surface area contributed by atoms with Gasteiger partial charge in [-0.1, -0.05) is 6.07 Å². The van der Waals surface area contributed by atoms with Crippen LogP contribution in [0.5, 0.6) is 0 Å². The number of nitrogens with two attached hydrogens (primary N) is 1. The second-order valence-electron chi connectivity index (χ2n) is 2.58. The Bertz CT molecular complexity index is 389. The molecule has 0 aromatic carbocycles. The van der Waals surface area contributed by atoms with Crippen molar-refractivity contribution in [1.82, 2.24) is 9.61 Å². The highest BCUT2D eigenvalue weighted by Crippen LogP contribution is 2.15. The first-order valence-corrected chi connectivity index (χ1v) is 3.47. The molecular formula is C8H9N3. The van der Waals surface area contributed by atoms with Crippen molar-refractivity contribution in [2.75, 3.05) is 5.73 Å². The Morgan fingerprint density at radius 1 is 1.55 bits per heavy atom. The minimum absolute atomic E-state index is 0.739. The highest BCUT2D eigenvalue weighted by atomic mass is 15.2. The van der Waals surface area contributed by atoms with E-state index in [0.717, 1.165) is 16.8 Å². The van der Waals surface area contributed by atoms with E-state index >= 15 is 0 Å². The lowest BCUT2D eigenvalue weighted by atomic mass is 10.2. The minimum atomic E-state index is 0.739.